The van der Waals surface area contributed by atoms with Gasteiger partial charge in [-0.1, -0.05) is 28.1 Å². The van der Waals surface area contributed by atoms with Crippen molar-refractivity contribution in [2.75, 3.05) is 16.4 Å². The topological polar surface area (TPSA) is 133 Å². The molecule has 2 aliphatic carbocycles. The van der Waals surface area contributed by atoms with Gasteiger partial charge in [0.15, 0.2) is 5.78 Å². The van der Waals surface area contributed by atoms with E-state index in [1.807, 2.05) is 29.2 Å². The van der Waals surface area contributed by atoms with Crippen LogP contribution in [0.3, 0.4) is 0 Å². The minimum absolute atomic E-state index is 0.0442. The van der Waals surface area contributed by atoms with Crippen LogP contribution < -0.4 is 16.4 Å². The van der Waals surface area contributed by atoms with E-state index in [4.69, 9.17) is 16.5 Å². The molecule has 0 saturated heterocycles. The third-order valence-electron chi connectivity index (χ3n) is 7.53. The fourth-order valence-corrected chi connectivity index (χ4v) is 7.72. The highest BCUT2D eigenvalue weighted by Crippen LogP contribution is 2.55. The number of carbonyl (C=O) groups is 1. The van der Waals surface area contributed by atoms with Crippen LogP contribution in [0, 0.1) is 22.7 Å². The summed E-state index contributed by atoms with van der Waals surface area (Å²) >= 11 is 5.16. The Bertz CT molecular complexity index is 1610. The summed E-state index contributed by atoms with van der Waals surface area (Å²) in [6.45, 7) is 0. The van der Waals surface area contributed by atoms with Crippen molar-refractivity contribution in [1.82, 2.24) is 4.98 Å². The highest BCUT2D eigenvalue weighted by Gasteiger charge is 2.43. The summed E-state index contributed by atoms with van der Waals surface area (Å²) in [7, 11) is 0. The number of rotatable bonds is 2. The van der Waals surface area contributed by atoms with Gasteiger partial charge in [0.1, 0.15) is 34.3 Å². The smallest absolute Gasteiger partial charge is 0.161 e. The van der Waals surface area contributed by atoms with Crippen LogP contribution in [0.25, 0.3) is 0 Å². The van der Waals surface area contributed by atoms with Crippen molar-refractivity contribution >= 4 is 55.4 Å². The van der Waals surface area contributed by atoms with Crippen molar-refractivity contribution < 1.29 is 4.79 Å². The molecule has 3 aliphatic rings. The second kappa shape index (κ2) is 9.02. The molecule has 3 heterocycles. The average Bonchev–Trinajstić information content (AvgIpc) is 3.26. The minimum Gasteiger partial charge on any atom is -0.397 e. The van der Waals surface area contributed by atoms with Gasteiger partial charge in [0.05, 0.1) is 11.3 Å². The summed E-state index contributed by atoms with van der Waals surface area (Å²) < 4.78 is 0.875. The molecule has 1 aromatic carbocycles. The number of nitriles is 2. The van der Waals surface area contributed by atoms with Crippen molar-refractivity contribution in [3.63, 3.8) is 0 Å². The molecular weight excluding hydrogens is 548 g/mol. The maximum absolute atomic E-state index is 13.7. The fraction of sp³-hybridized carbons (Fsp3) is 0.286. The summed E-state index contributed by atoms with van der Waals surface area (Å²) in [5, 5.41) is 20.9. The van der Waals surface area contributed by atoms with E-state index in [9.17, 15) is 15.3 Å². The second-order valence-corrected chi connectivity index (χ2v) is 11.6. The van der Waals surface area contributed by atoms with Crippen LogP contribution in [-0.4, -0.2) is 10.8 Å². The molecule has 0 bridgehead atoms. The van der Waals surface area contributed by atoms with Crippen molar-refractivity contribution in [2.45, 2.75) is 50.9 Å². The van der Waals surface area contributed by atoms with E-state index in [1.54, 1.807) is 11.3 Å². The lowest BCUT2D eigenvalue weighted by Crippen LogP contribution is -2.34. The number of anilines is 4. The first-order chi connectivity index (χ1) is 17.9. The number of carbonyl (C=O) groups excluding carboxylic acids is 1. The SMILES string of the molecule is N#Cc1c(N)nc2c(c1N)C(c1cccc(Br)c1)C1=C(CCCC1=O)N2c1sc2c(c1C#N)CCCC2. The number of hydrogen-bond acceptors (Lipinski definition) is 8. The third-order valence-corrected chi connectivity index (χ3v) is 9.30. The molecule has 0 spiro atoms. The van der Waals surface area contributed by atoms with E-state index in [-0.39, 0.29) is 22.9 Å². The van der Waals surface area contributed by atoms with Gasteiger partial charge in [-0.25, -0.2) is 4.98 Å². The van der Waals surface area contributed by atoms with E-state index in [0.29, 0.717) is 41.8 Å². The van der Waals surface area contributed by atoms with Gasteiger partial charge in [-0.3, -0.25) is 9.69 Å². The first-order valence-electron chi connectivity index (χ1n) is 12.3. The van der Waals surface area contributed by atoms with Gasteiger partial charge >= 0.3 is 0 Å². The van der Waals surface area contributed by atoms with Gasteiger partial charge in [-0.05, 0) is 61.8 Å². The molecule has 7 nitrogen and oxygen atoms in total. The van der Waals surface area contributed by atoms with Gasteiger partial charge in [0.2, 0.25) is 0 Å². The van der Waals surface area contributed by atoms with Crippen molar-refractivity contribution in [1.29, 1.82) is 10.5 Å². The van der Waals surface area contributed by atoms with E-state index < -0.39 is 5.92 Å². The zero-order chi connectivity index (χ0) is 25.8. The molecule has 0 amide bonds. The number of nitrogens with two attached hydrogens (primary N) is 2. The van der Waals surface area contributed by atoms with Crippen LogP contribution in [-0.2, 0) is 17.6 Å². The Morgan fingerprint density at radius 1 is 1.05 bits per heavy atom. The molecule has 3 aromatic rings. The monoisotopic (exact) mass is 570 g/mol. The second-order valence-electron chi connectivity index (χ2n) is 9.60. The molecule has 1 atom stereocenters. The highest BCUT2D eigenvalue weighted by molar-refractivity contribution is 9.10. The number of halogens is 1. The van der Waals surface area contributed by atoms with Crippen LogP contribution in [0.2, 0.25) is 0 Å². The van der Waals surface area contributed by atoms with E-state index in [0.717, 1.165) is 52.0 Å². The number of benzene rings is 1. The van der Waals surface area contributed by atoms with Crippen LogP contribution in [0.1, 0.15) is 70.7 Å². The number of nitrogen functional groups attached to an aromatic ring is 2. The lowest BCUT2D eigenvalue weighted by molar-refractivity contribution is -0.116. The number of pyridine rings is 1. The molecule has 4 N–H and O–H groups in total. The van der Waals surface area contributed by atoms with Crippen molar-refractivity contribution in [3.05, 3.63) is 72.7 Å². The van der Waals surface area contributed by atoms with Gasteiger partial charge in [-0.15, -0.1) is 11.3 Å². The molecule has 9 heteroatoms. The normalized spacial score (nSPS) is 18.5. The third kappa shape index (κ3) is 3.57. The number of aromatic nitrogens is 1. The first-order valence-corrected chi connectivity index (χ1v) is 13.9. The summed E-state index contributed by atoms with van der Waals surface area (Å²) in [6, 6.07) is 12.4. The Kier molecular flexibility index (Phi) is 5.78. The van der Waals surface area contributed by atoms with Crippen LogP contribution >= 0.6 is 27.3 Å². The Morgan fingerprint density at radius 2 is 1.84 bits per heavy atom. The first kappa shape index (κ1) is 23.7. The predicted octanol–water partition coefficient (Wildman–Crippen LogP) is 5.98. The minimum atomic E-state index is -0.494. The van der Waals surface area contributed by atoms with Crippen LogP contribution in [0.5, 0.6) is 0 Å². The standard InChI is InChI=1S/C28H23BrN6OS/c29-15-6-3-5-14(11-15)22-23-19(8-4-9-20(23)36)35(27-24(22)25(32)18(13-31)26(33)34-27)28-17(12-30)16-7-1-2-10-21(16)37-28/h3,5-6,11,22H,1-2,4,7-10H2,(H4,32,33,34). The highest BCUT2D eigenvalue weighted by atomic mass is 79.9. The maximum Gasteiger partial charge on any atom is 0.161 e. The zero-order valence-electron chi connectivity index (χ0n) is 20.0. The molecule has 37 heavy (non-hydrogen) atoms. The molecule has 0 radical (unpaired) electrons. The number of hydrogen-bond donors (Lipinski definition) is 2. The Balaban J connectivity index is 1.73. The van der Waals surface area contributed by atoms with E-state index >= 15 is 0 Å². The molecule has 0 fully saturated rings. The number of thiophene rings is 1. The van der Waals surface area contributed by atoms with Gasteiger partial charge < -0.3 is 11.5 Å². The number of aryl methyl sites for hydroxylation is 1. The lowest BCUT2D eigenvalue weighted by atomic mass is 9.74. The number of ketones is 1. The maximum atomic E-state index is 13.7. The summed E-state index contributed by atoms with van der Waals surface area (Å²) in [6.07, 6.45) is 5.76. The summed E-state index contributed by atoms with van der Waals surface area (Å²) in [4.78, 5) is 21.6. The molecule has 1 unspecified atom stereocenters. The predicted molar refractivity (Wildman–Crippen MR) is 147 cm³/mol. The fourth-order valence-electron chi connectivity index (χ4n) is 5.94. The molecule has 184 valence electrons. The van der Waals surface area contributed by atoms with E-state index in [2.05, 4.69) is 28.1 Å². The quantitative estimate of drug-likeness (QED) is 0.387. The number of Topliss-reactive ketones (excluding diaryl/α,β-unsaturated/α-hetero) is 1. The van der Waals surface area contributed by atoms with Crippen LogP contribution in [0.4, 0.5) is 22.3 Å². The summed E-state index contributed by atoms with van der Waals surface area (Å²) in [5.74, 6) is 0.105. The van der Waals surface area contributed by atoms with Gasteiger partial charge in [0, 0.05) is 38.5 Å². The number of fused-ring (bicyclic) bond motifs is 2. The lowest BCUT2D eigenvalue weighted by Gasteiger charge is -2.40. The van der Waals surface area contributed by atoms with Crippen molar-refractivity contribution in [3.8, 4) is 12.1 Å². The molecule has 0 saturated carbocycles. The molecule has 2 aromatic heterocycles. The zero-order valence-corrected chi connectivity index (χ0v) is 22.4. The molecule has 1 aliphatic heterocycles. The summed E-state index contributed by atoms with van der Waals surface area (Å²) in [5.41, 5.74) is 18.0. The Hall–Kier alpha value is -3.66. The molecule has 6 rings (SSSR count). The Labute approximate surface area is 227 Å². The van der Waals surface area contributed by atoms with E-state index in [1.165, 1.54) is 4.88 Å². The largest absolute Gasteiger partial charge is 0.397 e. The van der Waals surface area contributed by atoms with Crippen LogP contribution in [0.15, 0.2) is 40.0 Å². The Morgan fingerprint density at radius 3 is 2.59 bits per heavy atom. The number of nitrogens with zero attached hydrogens (tertiary/aromatic N) is 4. The van der Waals surface area contributed by atoms with Crippen molar-refractivity contribution in [2.24, 2.45) is 0 Å². The average molecular weight is 572 g/mol. The van der Waals surface area contributed by atoms with Gasteiger partial charge in [0.25, 0.3) is 0 Å². The molecular formula is C28H23BrN6OS. The van der Waals surface area contributed by atoms with Gasteiger partial charge in [-0.2, -0.15) is 10.5 Å². The number of allylic oxidation sites excluding steroid dienone is 2.